The van der Waals surface area contributed by atoms with E-state index in [-0.39, 0.29) is 12.5 Å². The standard InChI is InChI=1S/C27H26ClN3O3/c1-18-6-11-25-24(15-18)23(19(2)31(25)27(34)20-7-9-21(28)10-8-20)12-14-30(17-26(32)33)16-22-5-3-4-13-29-22/h3-11,13,15H,12,14,16-17H2,1-2H3,(H,32,33). The fraction of sp³-hybridized carbons (Fsp3) is 0.222. The van der Waals surface area contributed by atoms with Crippen molar-refractivity contribution in [3.8, 4) is 0 Å². The molecule has 4 rings (SSSR count). The summed E-state index contributed by atoms with van der Waals surface area (Å²) in [5.74, 6) is -1.01. The summed E-state index contributed by atoms with van der Waals surface area (Å²) in [5.41, 5.74) is 5.20. The van der Waals surface area contributed by atoms with E-state index in [4.69, 9.17) is 11.6 Å². The first-order chi connectivity index (χ1) is 16.3. The molecule has 4 aromatic rings. The van der Waals surface area contributed by atoms with E-state index in [1.807, 2.05) is 49.1 Å². The molecule has 2 aromatic carbocycles. The van der Waals surface area contributed by atoms with Gasteiger partial charge in [0.15, 0.2) is 0 Å². The first-order valence-electron chi connectivity index (χ1n) is 11.1. The van der Waals surface area contributed by atoms with Gasteiger partial charge in [-0.15, -0.1) is 0 Å². The van der Waals surface area contributed by atoms with Crippen LogP contribution >= 0.6 is 11.6 Å². The molecule has 0 aliphatic carbocycles. The van der Waals surface area contributed by atoms with Crippen LogP contribution in [0.15, 0.2) is 66.9 Å². The molecule has 0 atom stereocenters. The van der Waals surface area contributed by atoms with Gasteiger partial charge in [-0.2, -0.15) is 0 Å². The summed E-state index contributed by atoms with van der Waals surface area (Å²) in [6, 6.07) is 18.5. The molecule has 0 fully saturated rings. The van der Waals surface area contributed by atoms with Gasteiger partial charge >= 0.3 is 5.97 Å². The number of aliphatic carboxylic acids is 1. The molecule has 0 bridgehead atoms. The Labute approximate surface area is 203 Å². The monoisotopic (exact) mass is 475 g/mol. The zero-order valence-corrected chi connectivity index (χ0v) is 19.9. The van der Waals surface area contributed by atoms with Crippen LogP contribution in [0.4, 0.5) is 0 Å². The normalized spacial score (nSPS) is 11.3. The third kappa shape index (κ3) is 5.19. The average Bonchev–Trinajstić information content (AvgIpc) is 3.08. The average molecular weight is 476 g/mol. The van der Waals surface area contributed by atoms with Gasteiger partial charge in [0.05, 0.1) is 17.8 Å². The second kappa shape index (κ2) is 10.2. The number of aryl methyl sites for hydroxylation is 1. The smallest absolute Gasteiger partial charge is 0.317 e. The molecule has 2 heterocycles. The molecule has 0 saturated heterocycles. The molecule has 0 spiro atoms. The van der Waals surface area contributed by atoms with Crippen molar-refractivity contribution in [2.45, 2.75) is 26.8 Å². The minimum Gasteiger partial charge on any atom is -0.480 e. The van der Waals surface area contributed by atoms with Gasteiger partial charge in [-0.05, 0) is 74.4 Å². The van der Waals surface area contributed by atoms with Crippen molar-refractivity contribution >= 4 is 34.4 Å². The Kier molecular flexibility index (Phi) is 7.10. The van der Waals surface area contributed by atoms with Crippen molar-refractivity contribution in [1.82, 2.24) is 14.5 Å². The molecule has 0 radical (unpaired) electrons. The van der Waals surface area contributed by atoms with Gasteiger partial charge in [-0.25, -0.2) is 0 Å². The van der Waals surface area contributed by atoms with E-state index in [2.05, 4.69) is 11.1 Å². The number of benzene rings is 2. The molecular formula is C27H26ClN3O3. The lowest BCUT2D eigenvalue weighted by Crippen LogP contribution is -2.31. The lowest BCUT2D eigenvalue weighted by Gasteiger charge is -2.20. The predicted octanol–water partition coefficient (Wildman–Crippen LogP) is 5.12. The topological polar surface area (TPSA) is 75.4 Å². The van der Waals surface area contributed by atoms with Gasteiger partial charge in [0.1, 0.15) is 0 Å². The first kappa shape index (κ1) is 23.7. The summed E-state index contributed by atoms with van der Waals surface area (Å²) in [4.78, 5) is 31.1. The quantitative estimate of drug-likeness (QED) is 0.382. The number of halogens is 1. The fourth-order valence-electron chi connectivity index (χ4n) is 4.29. The Balaban J connectivity index is 1.68. The maximum absolute atomic E-state index is 13.4. The fourth-order valence-corrected chi connectivity index (χ4v) is 4.42. The summed E-state index contributed by atoms with van der Waals surface area (Å²) in [5, 5.41) is 11.0. The van der Waals surface area contributed by atoms with Gasteiger partial charge < -0.3 is 5.11 Å². The summed E-state index contributed by atoms with van der Waals surface area (Å²) in [7, 11) is 0. The molecule has 34 heavy (non-hydrogen) atoms. The van der Waals surface area contributed by atoms with Crippen LogP contribution in [0, 0.1) is 13.8 Å². The van der Waals surface area contributed by atoms with Crippen molar-refractivity contribution < 1.29 is 14.7 Å². The lowest BCUT2D eigenvalue weighted by atomic mass is 10.1. The molecule has 7 heteroatoms. The Morgan fingerprint density at radius 1 is 1.06 bits per heavy atom. The molecule has 2 aromatic heterocycles. The van der Waals surface area contributed by atoms with E-state index >= 15 is 0 Å². The maximum atomic E-state index is 13.4. The number of carboxylic acid groups (broad SMARTS) is 1. The van der Waals surface area contributed by atoms with Crippen molar-refractivity contribution in [2.24, 2.45) is 0 Å². The minimum atomic E-state index is -0.885. The van der Waals surface area contributed by atoms with Crippen LogP contribution < -0.4 is 0 Å². The SMILES string of the molecule is Cc1ccc2c(c1)c(CCN(CC(=O)O)Cc1ccccn1)c(C)n2C(=O)c1ccc(Cl)cc1. The van der Waals surface area contributed by atoms with Crippen LogP contribution in [0.25, 0.3) is 10.9 Å². The van der Waals surface area contributed by atoms with E-state index in [1.54, 1.807) is 35.0 Å². The molecule has 0 saturated carbocycles. The summed E-state index contributed by atoms with van der Waals surface area (Å²) >= 11 is 6.01. The highest BCUT2D eigenvalue weighted by molar-refractivity contribution is 6.30. The van der Waals surface area contributed by atoms with Gasteiger partial charge in [-0.3, -0.25) is 24.0 Å². The van der Waals surface area contributed by atoms with Gasteiger partial charge in [-0.1, -0.05) is 29.3 Å². The van der Waals surface area contributed by atoms with Crippen LogP contribution in [0.1, 0.15) is 32.9 Å². The zero-order chi connectivity index (χ0) is 24.2. The first-order valence-corrected chi connectivity index (χ1v) is 11.5. The van der Waals surface area contributed by atoms with E-state index in [0.717, 1.165) is 33.4 Å². The summed E-state index contributed by atoms with van der Waals surface area (Å²) in [6.07, 6.45) is 2.31. The molecule has 174 valence electrons. The number of fused-ring (bicyclic) bond motifs is 1. The van der Waals surface area contributed by atoms with E-state index in [1.165, 1.54) is 0 Å². The Morgan fingerprint density at radius 3 is 2.50 bits per heavy atom. The highest BCUT2D eigenvalue weighted by Gasteiger charge is 2.21. The van der Waals surface area contributed by atoms with Crippen molar-refractivity contribution in [1.29, 1.82) is 0 Å². The Hall–Kier alpha value is -3.48. The third-order valence-corrected chi connectivity index (χ3v) is 6.19. The van der Waals surface area contributed by atoms with Crippen molar-refractivity contribution in [3.05, 3.63) is 100.0 Å². The number of nitrogens with zero attached hydrogens (tertiary/aromatic N) is 3. The van der Waals surface area contributed by atoms with Gasteiger partial charge in [0.25, 0.3) is 5.91 Å². The number of rotatable bonds is 8. The maximum Gasteiger partial charge on any atom is 0.317 e. The molecule has 0 amide bonds. The number of hydrogen-bond donors (Lipinski definition) is 1. The number of aromatic nitrogens is 2. The molecule has 0 aliphatic rings. The zero-order valence-electron chi connectivity index (χ0n) is 19.2. The van der Waals surface area contributed by atoms with Crippen molar-refractivity contribution in [3.63, 3.8) is 0 Å². The molecule has 6 nitrogen and oxygen atoms in total. The van der Waals surface area contributed by atoms with Crippen LogP contribution in [0.2, 0.25) is 5.02 Å². The van der Waals surface area contributed by atoms with E-state index in [9.17, 15) is 14.7 Å². The number of pyridine rings is 1. The number of carbonyl (C=O) groups excluding carboxylic acids is 1. The van der Waals surface area contributed by atoms with E-state index in [0.29, 0.717) is 30.1 Å². The Bertz CT molecular complexity index is 1330. The van der Waals surface area contributed by atoms with Crippen LogP contribution in [-0.2, 0) is 17.8 Å². The summed E-state index contributed by atoms with van der Waals surface area (Å²) < 4.78 is 1.74. The molecule has 1 N–H and O–H groups in total. The second-order valence-corrected chi connectivity index (χ2v) is 8.84. The number of carboxylic acids is 1. The third-order valence-electron chi connectivity index (χ3n) is 5.93. The van der Waals surface area contributed by atoms with Crippen molar-refractivity contribution in [2.75, 3.05) is 13.1 Å². The highest BCUT2D eigenvalue weighted by Crippen LogP contribution is 2.29. The van der Waals surface area contributed by atoms with Crippen LogP contribution in [-0.4, -0.2) is 44.5 Å². The second-order valence-electron chi connectivity index (χ2n) is 8.41. The minimum absolute atomic E-state index is 0.0863. The van der Waals surface area contributed by atoms with Gasteiger partial charge in [0.2, 0.25) is 0 Å². The molecule has 0 unspecified atom stereocenters. The van der Waals surface area contributed by atoms with Crippen LogP contribution in [0.5, 0.6) is 0 Å². The largest absolute Gasteiger partial charge is 0.480 e. The molecule has 0 aliphatic heterocycles. The highest BCUT2D eigenvalue weighted by atomic mass is 35.5. The Morgan fingerprint density at radius 2 is 1.82 bits per heavy atom. The number of hydrogen-bond acceptors (Lipinski definition) is 4. The predicted molar refractivity (Wildman–Crippen MR) is 133 cm³/mol. The lowest BCUT2D eigenvalue weighted by molar-refractivity contribution is -0.138. The van der Waals surface area contributed by atoms with Crippen LogP contribution in [0.3, 0.4) is 0 Å². The van der Waals surface area contributed by atoms with E-state index < -0.39 is 5.97 Å². The summed E-state index contributed by atoms with van der Waals surface area (Å²) in [6.45, 7) is 4.84. The number of carbonyl (C=O) groups is 2. The molecular weight excluding hydrogens is 450 g/mol. The van der Waals surface area contributed by atoms with Gasteiger partial charge in [0, 0.05) is 41.0 Å².